The summed E-state index contributed by atoms with van der Waals surface area (Å²) in [5.41, 5.74) is 7.29. The van der Waals surface area contributed by atoms with Gasteiger partial charge < -0.3 is 4.98 Å². The fourth-order valence-electron chi connectivity index (χ4n) is 3.99. The molecule has 26 heavy (non-hydrogen) atoms. The molecule has 0 aliphatic heterocycles. The van der Waals surface area contributed by atoms with E-state index in [0.29, 0.717) is 0 Å². The molecule has 1 heteroatoms. The van der Waals surface area contributed by atoms with Gasteiger partial charge in [0, 0.05) is 21.7 Å². The molecule has 0 aliphatic carbocycles. The smallest absolute Gasteiger partial charge is 0.0544 e. The molecule has 1 nitrogen and oxygen atoms in total. The van der Waals surface area contributed by atoms with Gasteiger partial charge in [-0.2, -0.15) is 0 Å². The molecule has 124 valence electrons. The van der Waals surface area contributed by atoms with Gasteiger partial charge in [0.15, 0.2) is 0 Å². The third-order valence-corrected chi connectivity index (χ3v) is 5.32. The molecule has 0 fully saturated rings. The Kier molecular flexibility index (Phi) is 3.23. The van der Waals surface area contributed by atoms with Crippen molar-refractivity contribution in [2.75, 3.05) is 0 Å². The zero-order valence-corrected chi connectivity index (χ0v) is 14.7. The average molecular weight is 333 g/mol. The molecule has 0 amide bonds. The number of hydrogen-bond donors (Lipinski definition) is 1. The summed E-state index contributed by atoms with van der Waals surface area (Å²) in [6.45, 7) is 6.21. The number of rotatable bonds is 2. The third kappa shape index (κ3) is 2.11. The molecule has 1 N–H and O–H groups in total. The number of aromatic amines is 1. The first-order chi connectivity index (χ1) is 12.8. The number of fused-ring (bicyclic) bond motifs is 5. The first kappa shape index (κ1) is 15.0. The Morgan fingerprint density at radius 2 is 1.58 bits per heavy atom. The molecular formula is C25H19N. The maximum atomic E-state index is 4.04. The summed E-state index contributed by atoms with van der Waals surface area (Å²) < 4.78 is 0. The second kappa shape index (κ2) is 5.60. The van der Waals surface area contributed by atoms with Crippen molar-refractivity contribution in [3.63, 3.8) is 0 Å². The van der Waals surface area contributed by atoms with Crippen LogP contribution in [0.4, 0.5) is 0 Å². The van der Waals surface area contributed by atoms with Crippen LogP contribution in [0.5, 0.6) is 0 Å². The van der Waals surface area contributed by atoms with Gasteiger partial charge in [-0.25, -0.2) is 0 Å². The lowest BCUT2D eigenvalue weighted by atomic mass is 9.94. The summed E-state index contributed by atoms with van der Waals surface area (Å²) in [4.78, 5) is 3.64. The number of aromatic nitrogens is 1. The normalized spacial score (nSPS) is 11.4. The van der Waals surface area contributed by atoms with Gasteiger partial charge in [-0.3, -0.25) is 0 Å². The predicted octanol–water partition coefficient (Wildman–Crippen LogP) is 7.09. The molecular weight excluding hydrogens is 314 g/mol. The van der Waals surface area contributed by atoms with E-state index in [0.717, 1.165) is 11.1 Å². The Morgan fingerprint density at radius 1 is 0.769 bits per heavy atom. The van der Waals surface area contributed by atoms with Crippen LogP contribution in [0.2, 0.25) is 0 Å². The second-order valence-electron chi connectivity index (χ2n) is 6.84. The highest BCUT2D eigenvalue weighted by molar-refractivity contribution is 6.18. The van der Waals surface area contributed by atoms with Crippen molar-refractivity contribution in [3.05, 3.63) is 90.5 Å². The molecule has 0 bridgehead atoms. The SMILES string of the molecule is C=Cc1cc2[nH]c3c4ccccc4ccc3c2cc1-c1ccccc1C. The summed E-state index contributed by atoms with van der Waals surface area (Å²) in [5, 5.41) is 5.05. The number of nitrogens with one attached hydrogen (secondary N) is 1. The summed E-state index contributed by atoms with van der Waals surface area (Å²) in [6, 6.07) is 26.0. The second-order valence-corrected chi connectivity index (χ2v) is 6.84. The van der Waals surface area contributed by atoms with Crippen LogP contribution >= 0.6 is 0 Å². The molecule has 0 aliphatic rings. The van der Waals surface area contributed by atoms with Crippen molar-refractivity contribution in [1.82, 2.24) is 4.98 Å². The third-order valence-electron chi connectivity index (χ3n) is 5.32. The molecule has 0 spiro atoms. The monoisotopic (exact) mass is 333 g/mol. The highest BCUT2D eigenvalue weighted by Gasteiger charge is 2.12. The van der Waals surface area contributed by atoms with E-state index in [1.165, 1.54) is 43.8 Å². The van der Waals surface area contributed by atoms with E-state index >= 15 is 0 Å². The van der Waals surface area contributed by atoms with Crippen molar-refractivity contribution in [2.45, 2.75) is 6.92 Å². The van der Waals surface area contributed by atoms with Crippen LogP contribution in [-0.4, -0.2) is 4.98 Å². The van der Waals surface area contributed by atoms with E-state index in [2.05, 4.69) is 91.3 Å². The molecule has 0 atom stereocenters. The van der Waals surface area contributed by atoms with E-state index in [-0.39, 0.29) is 0 Å². The molecule has 0 saturated heterocycles. The minimum Gasteiger partial charge on any atom is -0.354 e. The fraction of sp³-hybridized carbons (Fsp3) is 0.0400. The highest BCUT2D eigenvalue weighted by Crippen LogP contribution is 2.36. The summed E-state index contributed by atoms with van der Waals surface area (Å²) in [6.07, 6.45) is 1.95. The number of hydrogen-bond acceptors (Lipinski definition) is 0. The van der Waals surface area contributed by atoms with Crippen LogP contribution in [0.15, 0.2) is 79.4 Å². The first-order valence-electron chi connectivity index (χ1n) is 8.92. The average Bonchev–Trinajstić information content (AvgIpc) is 3.05. The topological polar surface area (TPSA) is 15.8 Å². The molecule has 1 heterocycles. The van der Waals surface area contributed by atoms with Crippen molar-refractivity contribution in [3.8, 4) is 11.1 Å². The molecule has 5 rings (SSSR count). The van der Waals surface area contributed by atoms with Crippen LogP contribution in [-0.2, 0) is 0 Å². The van der Waals surface area contributed by atoms with Gasteiger partial charge in [-0.05, 0) is 46.7 Å². The molecule has 0 unspecified atom stereocenters. The standard InChI is InChI=1S/C25H19N/c1-3-17-14-24-23(15-22(17)19-10-6-4-8-16(19)2)21-13-12-18-9-5-7-11-20(18)25(21)26-24/h3-15,26H,1H2,2H3. The molecule has 1 aromatic heterocycles. The van der Waals surface area contributed by atoms with Gasteiger partial charge >= 0.3 is 0 Å². The van der Waals surface area contributed by atoms with Gasteiger partial charge in [0.1, 0.15) is 0 Å². The minimum atomic E-state index is 1.16. The van der Waals surface area contributed by atoms with Gasteiger partial charge in [-0.15, -0.1) is 0 Å². The number of benzene rings is 4. The minimum absolute atomic E-state index is 1.16. The van der Waals surface area contributed by atoms with Crippen LogP contribution in [0.1, 0.15) is 11.1 Å². The van der Waals surface area contributed by atoms with E-state index in [1.807, 2.05) is 6.08 Å². The van der Waals surface area contributed by atoms with Crippen LogP contribution in [0.3, 0.4) is 0 Å². The van der Waals surface area contributed by atoms with E-state index < -0.39 is 0 Å². The Hall–Kier alpha value is -3.32. The van der Waals surface area contributed by atoms with Gasteiger partial charge in [-0.1, -0.05) is 73.3 Å². The maximum Gasteiger partial charge on any atom is 0.0544 e. The summed E-state index contributed by atoms with van der Waals surface area (Å²) in [7, 11) is 0. The lowest BCUT2D eigenvalue weighted by molar-refractivity contribution is 1.46. The Morgan fingerprint density at radius 3 is 2.42 bits per heavy atom. The van der Waals surface area contributed by atoms with Crippen molar-refractivity contribution in [1.29, 1.82) is 0 Å². The summed E-state index contributed by atoms with van der Waals surface area (Å²) in [5.74, 6) is 0. The quantitative estimate of drug-likeness (QED) is 0.355. The predicted molar refractivity (Wildman–Crippen MR) is 114 cm³/mol. The zero-order valence-electron chi connectivity index (χ0n) is 14.7. The van der Waals surface area contributed by atoms with Gasteiger partial charge in [0.05, 0.1) is 5.52 Å². The van der Waals surface area contributed by atoms with E-state index in [1.54, 1.807) is 0 Å². The lowest BCUT2D eigenvalue weighted by Crippen LogP contribution is -1.87. The first-order valence-corrected chi connectivity index (χ1v) is 8.92. The van der Waals surface area contributed by atoms with Crippen LogP contribution in [0.25, 0.3) is 49.8 Å². The Balaban J connectivity index is 1.91. The van der Waals surface area contributed by atoms with Crippen molar-refractivity contribution < 1.29 is 0 Å². The van der Waals surface area contributed by atoms with Crippen LogP contribution < -0.4 is 0 Å². The zero-order chi connectivity index (χ0) is 17.7. The largest absolute Gasteiger partial charge is 0.354 e. The summed E-state index contributed by atoms with van der Waals surface area (Å²) >= 11 is 0. The van der Waals surface area contributed by atoms with Gasteiger partial charge in [0.25, 0.3) is 0 Å². The van der Waals surface area contributed by atoms with E-state index in [9.17, 15) is 0 Å². The molecule has 5 aromatic rings. The molecule has 4 aromatic carbocycles. The number of H-pyrrole nitrogens is 1. The van der Waals surface area contributed by atoms with Crippen LogP contribution in [0, 0.1) is 6.92 Å². The van der Waals surface area contributed by atoms with Crippen molar-refractivity contribution >= 4 is 38.7 Å². The molecule has 0 radical (unpaired) electrons. The van der Waals surface area contributed by atoms with Crippen molar-refractivity contribution in [2.24, 2.45) is 0 Å². The number of aryl methyl sites for hydroxylation is 1. The molecule has 0 saturated carbocycles. The van der Waals surface area contributed by atoms with E-state index in [4.69, 9.17) is 0 Å². The van der Waals surface area contributed by atoms with Gasteiger partial charge in [0.2, 0.25) is 0 Å². The Bertz CT molecular complexity index is 1300. The Labute approximate surface area is 152 Å². The lowest BCUT2D eigenvalue weighted by Gasteiger charge is -2.10. The highest BCUT2D eigenvalue weighted by atomic mass is 14.7. The maximum absolute atomic E-state index is 4.04. The fourth-order valence-corrected chi connectivity index (χ4v) is 3.99.